The summed E-state index contributed by atoms with van der Waals surface area (Å²) in [5.74, 6) is 1.40. The molecule has 0 atom stereocenters. The zero-order chi connectivity index (χ0) is 14.6. The fourth-order valence-corrected chi connectivity index (χ4v) is 3.74. The third kappa shape index (κ3) is 3.93. The first-order valence-corrected chi connectivity index (χ1v) is 8.72. The molecule has 1 aromatic heterocycles. The van der Waals surface area contributed by atoms with Gasteiger partial charge in [0.15, 0.2) is 0 Å². The normalized spacial score (nSPS) is 23.5. The average molecular weight is 297 g/mol. The molecule has 1 aliphatic rings. The third-order valence-corrected chi connectivity index (χ3v) is 5.25. The highest BCUT2D eigenvalue weighted by atomic mass is 32.2. The lowest BCUT2D eigenvalue weighted by Gasteiger charge is -2.26. The monoisotopic (exact) mass is 297 g/mol. The van der Waals surface area contributed by atoms with Gasteiger partial charge in [0.2, 0.25) is 10.0 Å². The molecular weight excluding hydrogens is 274 g/mol. The smallest absolute Gasteiger partial charge is 0.242 e. The molecule has 2 rings (SSSR count). The van der Waals surface area contributed by atoms with E-state index in [4.69, 9.17) is 0 Å². The van der Waals surface area contributed by atoms with Crippen LogP contribution in [0.4, 0.5) is 5.82 Å². The number of rotatable bonds is 5. The molecule has 0 bridgehead atoms. The van der Waals surface area contributed by atoms with E-state index in [1.165, 1.54) is 6.20 Å². The molecule has 0 amide bonds. The molecule has 2 N–H and O–H groups in total. The van der Waals surface area contributed by atoms with E-state index in [-0.39, 0.29) is 10.9 Å². The van der Waals surface area contributed by atoms with Crippen molar-refractivity contribution in [3.63, 3.8) is 0 Å². The van der Waals surface area contributed by atoms with Crippen LogP contribution in [0.1, 0.15) is 39.5 Å². The van der Waals surface area contributed by atoms with E-state index in [0.29, 0.717) is 11.7 Å². The highest BCUT2D eigenvalue weighted by molar-refractivity contribution is 7.89. The number of nitrogens with zero attached hydrogens (tertiary/aromatic N) is 1. The second kappa shape index (κ2) is 6.54. The molecule has 1 fully saturated rings. The molecule has 0 radical (unpaired) electrons. The number of hydrogen-bond acceptors (Lipinski definition) is 4. The Hall–Kier alpha value is -1.14. The average Bonchev–Trinajstić information content (AvgIpc) is 2.42. The first kappa shape index (κ1) is 15.3. The molecule has 1 heterocycles. The fraction of sp³-hybridized carbons (Fsp3) is 0.643. The topological polar surface area (TPSA) is 71.1 Å². The SMILES string of the molecule is CCNc1ccc(S(=O)(=O)NC2CCC(C)CC2)cn1. The predicted octanol–water partition coefficient (Wildman–Crippen LogP) is 2.37. The zero-order valence-corrected chi connectivity index (χ0v) is 12.9. The van der Waals surface area contributed by atoms with Crippen LogP contribution in [0.2, 0.25) is 0 Å². The largest absolute Gasteiger partial charge is 0.370 e. The van der Waals surface area contributed by atoms with Crippen LogP contribution < -0.4 is 10.0 Å². The second-order valence-electron chi connectivity index (χ2n) is 5.49. The summed E-state index contributed by atoms with van der Waals surface area (Å²) in [4.78, 5) is 4.34. The minimum atomic E-state index is -3.45. The van der Waals surface area contributed by atoms with Gasteiger partial charge in [0.1, 0.15) is 10.7 Å². The second-order valence-corrected chi connectivity index (χ2v) is 7.20. The van der Waals surface area contributed by atoms with E-state index >= 15 is 0 Å². The van der Waals surface area contributed by atoms with Gasteiger partial charge in [-0.1, -0.05) is 6.92 Å². The molecule has 6 heteroatoms. The van der Waals surface area contributed by atoms with Crippen LogP contribution in [0.15, 0.2) is 23.2 Å². The Morgan fingerprint density at radius 1 is 1.25 bits per heavy atom. The Bertz CT molecular complexity index is 520. The van der Waals surface area contributed by atoms with Crippen LogP contribution in [-0.4, -0.2) is 26.0 Å². The maximum absolute atomic E-state index is 12.3. The molecule has 0 aliphatic heterocycles. The Morgan fingerprint density at radius 2 is 1.95 bits per heavy atom. The van der Waals surface area contributed by atoms with Gasteiger partial charge in [0, 0.05) is 18.8 Å². The highest BCUT2D eigenvalue weighted by Crippen LogP contribution is 2.24. The number of sulfonamides is 1. The minimum Gasteiger partial charge on any atom is -0.370 e. The number of pyridine rings is 1. The van der Waals surface area contributed by atoms with Crippen LogP contribution in [0.5, 0.6) is 0 Å². The van der Waals surface area contributed by atoms with Gasteiger partial charge in [-0.25, -0.2) is 18.1 Å². The lowest BCUT2D eigenvalue weighted by molar-refractivity contribution is 0.332. The lowest BCUT2D eigenvalue weighted by atomic mass is 9.88. The third-order valence-electron chi connectivity index (χ3n) is 3.74. The lowest BCUT2D eigenvalue weighted by Crippen LogP contribution is -2.37. The molecule has 5 nitrogen and oxygen atoms in total. The maximum Gasteiger partial charge on any atom is 0.242 e. The van der Waals surface area contributed by atoms with E-state index in [0.717, 1.165) is 32.2 Å². The van der Waals surface area contributed by atoms with Gasteiger partial charge >= 0.3 is 0 Å². The van der Waals surface area contributed by atoms with Crippen molar-refractivity contribution in [2.75, 3.05) is 11.9 Å². The van der Waals surface area contributed by atoms with Crippen molar-refractivity contribution in [1.82, 2.24) is 9.71 Å². The van der Waals surface area contributed by atoms with E-state index in [9.17, 15) is 8.42 Å². The Balaban J connectivity index is 2.02. The number of nitrogens with one attached hydrogen (secondary N) is 2. The number of anilines is 1. The summed E-state index contributed by atoms with van der Waals surface area (Å²) >= 11 is 0. The van der Waals surface area contributed by atoms with Crippen LogP contribution in [0, 0.1) is 5.92 Å². The predicted molar refractivity (Wildman–Crippen MR) is 80.1 cm³/mol. The van der Waals surface area contributed by atoms with Gasteiger partial charge in [-0.2, -0.15) is 0 Å². The van der Waals surface area contributed by atoms with Gasteiger partial charge in [-0.3, -0.25) is 0 Å². The zero-order valence-electron chi connectivity index (χ0n) is 12.1. The van der Waals surface area contributed by atoms with Crippen LogP contribution in [0.3, 0.4) is 0 Å². The van der Waals surface area contributed by atoms with Gasteiger partial charge in [0.25, 0.3) is 0 Å². The van der Waals surface area contributed by atoms with Crippen molar-refractivity contribution in [1.29, 1.82) is 0 Å². The van der Waals surface area contributed by atoms with Gasteiger partial charge in [-0.05, 0) is 50.7 Å². The fourth-order valence-electron chi connectivity index (χ4n) is 2.49. The van der Waals surface area contributed by atoms with Crippen LogP contribution in [0.25, 0.3) is 0 Å². The van der Waals surface area contributed by atoms with Crippen molar-refractivity contribution in [3.8, 4) is 0 Å². The van der Waals surface area contributed by atoms with Crippen molar-refractivity contribution in [3.05, 3.63) is 18.3 Å². The van der Waals surface area contributed by atoms with Crippen LogP contribution >= 0.6 is 0 Å². The summed E-state index contributed by atoms with van der Waals surface area (Å²) in [6.45, 7) is 4.95. The molecule has 1 aromatic rings. The standard InChI is InChI=1S/C14H23N3O2S/c1-3-15-14-9-8-13(10-16-14)20(18,19)17-12-6-4-11(2)5-7-12/h8-12,17H,3-7H2,1-2H3,(H,15,16). The van der Waals surface area contributed by atoms with Crippen LogP contribution in [-0.2, 0) is 10.0 Å². The molecular formula is C14H23N3O2S. The maximum atomic E-state index is 12.3. The molecule has 0 spiro atoms. The summed E-state index contributed by atoms with van der Waals surface area (Å²) < 4.78 is 27.4. The van der Waals surface area contributed by atoms with Crippen molar-refractivity contribution in [2.45, 2.75) is 50.5 Å². The number of hydrogen-bond donors (Lipinski definition) is 2. The van der Waals surface area contributed by atoms with Crippen molar-refractivity contribution < 1.29 is 8.42 Å². The molecule has 1 aliphatic carbocycles. The van der Waals surface area contributed by atoms with Crippen molar-refractivity contribution in [2.24, 2.45) is 5.92 Å². The molecule has 20 heavy (non-hydrogen) atoms. The first-order valence-electron chi connectivity index (χ1n) is 7.23. The Labute approximate surface area is 121 Å². The molecule has 0 unspecified atom stereocenters. The highest BCUT2D eigenvalue weighted by Gasteiger charge is 2.24. The van der Waals surface area contributed by atoms with Gasteiger partial charge < -0.3 is 5.32 Å². The quantitative estimate of drug-likeness (QED) is 0.875. The van der Waals surface area contributed by atoms with E-state index in [1.807, 2.05) is 6.92 Å². The Kier molecular flexibility index (Phi) is 4.99. The summed E-state index contributed by atoms with van der Waals surface area (Å²) in [5, 5.41) is 3.05. The molecule has 1 saturated carbocycles. The molecule has 0 aromatic carbocycles. The summed E-state index contributed by atoms with van der Waals surface area (Å²) in [6, 6.07) is 3.35. The van der Waals surface area contributed by atoms with E-state index < -0.39 is 10.0 Å². The van der Waals surface area contributed by atoms with Crippen molar-refractivity contribution >= 4 is 15.8 Å². The summed E-state index contributed by atoms with van der Waals surface area (Å²) in [6.07, 6.45) is 5.42. The van der Waals surface area contributed by atoms with E-state index in [1.54, 1.807) is 12.1 Å². The van der Waals surface area contributed by atoms with E-state index in [2.05, 4.69) is 21.9 Å². The first-order chi connectivity index (χ1) is 9.51. The van der Waals surface area contributed by atoms with Gasteiger partial charge in [-0.15, -0.1) is 0 Å². The molecule has 0 saturated heterocycles. The minimum absolute atomic E-state index is 0.0599. The molecule has 112 valence electrons. The summed E-state index contributed by atoms with van der Waals surface area (Å²) in [5.41, 5.74) is 0. The number of aromatic nitrogens is 1. The Morgan fingerprint density at radius 3 is 2.50 bits per heavy atom. The summed E-state index contributed by atoms with van der Waals surface area (Å²) in [7, 11) is -3.45. The van der Waals surface area contributed by atoms with Gasteiger partial charge in [0.05, 0.1) is 0 Å².